The zero-order chi connectivity index (χ0) is 21.4. The number of likely N-dealkylation sites (N-methyl/N-ethyl adjacent to an activating group) is 1. The number of aryl methyl sites for hydroxylation is 1. The van der Waals surface area contributed by atoms with Gasteiger partial charge in [-0.25, -0.2) is 8.42 Å². The van der Waals surface area contributed by atoms with E-state index in [0.717, 1.165) is 22.7 Å². The standard InChI is InChI=1S/C24H26N2O3S/c1-26(30(28,29)22-15-9-4-10-16-22)19-24(27)25-23(21-13-7-3-8-14-21)18-17-20-11-5-2-6-12-20/h2-16,23H,17-19H2,1H3,(H,25,27)/t23-/m1/s1. The molecule has 0 aliphatic rings. The predicted molar refractivity (Wildman–Crippen MR) is 118 cm³/mol. The second-order valence-corrected chi connectivity index (χ2v) is 9.17. The number of carbonyl (C=O) groups excluding carboxylic acids is 1. The first kappa shape index (κ1) is 21.7. The third-order valence-corrected chi connectivity index (χ3v) is 6.74. The van der Waals surface area contributed by atoms with Crippen molar-refractivity contribution in [2.75, 3.05) is 13.6 Å². The fraction of sp³-hybridized carbons (Fsp3) is 0.208. The number of benzene rings is 3. The van der Waals surface area contributed by atoms with Crippen LogP contribution in [0.3, 0.4) is 0 Å². The number of nitrogens with one attached hydrogen (secondary N) is 1. The molecule has 1 N–H and O–H groups in total. The molecule has 0 unspecified atom stereocenters. The Morgan fingerprint density at radius 1 is 0.867 bits per heavy atom. The van der Waals surface area contributed by atoms with E-state index in [1.54, 1.807) is 18.2 Å². The molecule has 3 aromatic carbocycles. The summed E-state index contributed by atoms with van der Waals surface area (Å²) in [6, 6.07) is 27.8. The fourth-order valence-electron chi connectivity index (χ4n) is 3.26. The van der Waals surface area contributed by atoms with E-state index in [1.807, 2.05) is 48.5 Å². The summed E-state index contributed by atoms with van der Waals surface area (Å²) < 4.78 is 26.4. The summed E-state index contributed by atoms with van der Waals surface area (Å²) >= 11 is 0. The van der Waals surface area contributed by atoms with Crippen LogP contribution in [-0.4, -0.2) is 32.2 Å². The maximum atomic E-state index is 12.7. The van der Waals surface area contributed by atoms with Crippen molar-refractivity contribution < 1.29 is 13.2 Å². The van der Waals surface area contributed by atoms with Gasteiger partial charge in [0.2, 0.25) is 15.9 Å². The molecule has 0 aromatic heterocycles. The van der Waals surface area contributed by atoms with Gasteiger partial charge in [-0.15, -0.1) is 0 Å². The van der Waals surface area contributed by atoms with Crippen LogP contribution in [0.1, 0.15) is 23.6 Å². The summed E-state index contributed by atoms with van der Waals surface area (Å²) in [5.41, 5.74) is 2.19. The Morgan fingerprint density at radius 2 is 1.40 bits per heavy atom. The van der Waals surface area contributed by atoms with Crippen molar-refractivity contribution in [3.63, 3.8) is 0 Å². The SMILES string of the molecule is CN(CC(=O)N[C@H](CCc1ccccc1)c1ccccc1)S(=O)(=O)c1ccccc1. The molecular weight excluding hydrogens is 396 g/mol. The fourth-order valence-corrected chi connectivity index (χ4v) is 4.41. The van der Waals surface area contributed by atoms with Gasteiger partial charge in [-0.2, -0.15) is 4.31 Å². The molecule has 3 aromatic rings. The topological polar surface area (TPSA) is 66.5 Å². The van der Waals surface area contributed by atoms with Gasteiger partial charge in [-0.1, -0.05) is 78.9 Å². The van der Waals surface area contributed by atoms with Gasteiger partial charge in [0.15, 0.2) is 0 Å². The van der Waals surface area contributed by atoms with Crippen LogP contribution in [0.15, 0.2) is 95.9 Å². The first-order chi connectivity index (χ1) is 14.5. The Labute approximate surface area is 178 Å². The number of hydrogen-bond donors (Lipinski definition) is 1. The third-order valence-electron chi connectivity index (χ3n) is 4.92. The van der Waals surface area contributed by atoms with E-state index in [-0.39, 0.29) is 23.4 Å². The third kappa shape index (κ3) is 5.78. The largest absolute Gasteiger partial charge is 0.348 e. The quantitative estimate of drug-likeness (QED) is 0.570. The second kappa shape index (κ2) is 10.2. The summed E-state index contributed by atoms with van der Waals surface area (Å²) in [4.78, 5) is 12.9. The van der Waals surface area contributed by atoms with Crippen LogP contribution in [0.25, 0.3) is 0 Å². The molecule has 5 nitrogen and oxygen atoms in total. The van der Waals surface area contributed by atoms with E-state index in [9.17, 15) is 13.2 Å². The van der Waals surface area contributed by atoms with Gasteiger partial charge >= 0.3 is 0 Å². The van der Waals surface area contributed by atoms with Crippen LogP contribution in [-0.2, 0) is 21.2 Å². The lowest BCUT2D eigenvalue weighted by Gasteiger charge is -2.22. The minimum Gasteiger partial charge on any atom is -0.348 e. The molecule has 0 saturated heterocycles. The van der Waals surface area contributed by atoms with E-state index in [1.165, 1.54) is 24.7 Å². The molecule has 1 amide bonds. The average molecular weight is 423 g/mol. The van der Waals surface area contributed by atoms with Crippen molar-refractivity contribution >= 4 is 15.9 Å². The number of hydrogen-bond acceptors (Lipinski definition) is 3. The molecule has 156 valence electrons. The Kier molecular flexibility index (Phi) is 7.38. The molecule has 0 fully saturated rings. The lowest BCUT2D eigenvalue weighted by molar-refractivity contribution is -0.121. The molecule has 0 heterocycles. The molecule has 0 bridgehead atoms. The average Bonchev–Trinajstić information content (AvgIpc) is 2.78. The Balaban J connectivity index is 1.68. The highest BCUT2D eigenvalue weighted by Gasteiger charge is 2.24. The molecule has 0 aliphatic heterocycles. The van der Waals surface area contributed by atoms with Gasteiger partial charge in [0.25, 0.3) is 0 Å². The van der Waals surface area contributed by atoms with Crippen LogP contribution in [0.4, 0.5) is 0 Å². The Hall–Kier alpha value is -2.96. The molecular formula is C24H26N2O3S. The minimum atomic E-state index is -3.72. The van der Waals surface area contributed by atoms with Gasteiger partial charge in [-0.05, 0) is 36.1 Å². The van der Waals surface area contributed by atoms with Crippen LogP contribution in [0, 0.1) is 0 Å². The molecule has 6 heteroatoms. The highest BCUT2D eigenvalue weighted by molar-refractivity contribution is 7.89. The number of rotatable bonds is 9. The molecule has 30 heavy (non-hydrogen) atoms. The summed E-state index contributed by atoms with van der Waals surface area (Å²) in [6.07, 6.45) is 1.52. The minimum absolute atomic E-state index is 0.170. The molecule has 0 spiro atoms. The van der Waals surface area contributed by atoms with Crippen LogP contribution < -0.4 is 5.32 Å². The summed E-state index contributed by atoms with van der Waals surface area (Å²) in [5, 5.41) is 3.01. The molecule has 0 saturated carbocycles. The first-order valence-electron chi connectivity index (χ1n) is 9.86. The number of amides is 1. The van der Waals surface area contributed by atoms with Gasteiger partial charge in [0, 0.05) is 7.05 Å². The van der Waals surface area contributed by atoms with Crippen LogP contribution in [0.5, 0.6) is 0 Å². The van der Waals surface area contributed by atoms with E-state index in [2.05, 4.69) is 17.4 Å². The van der Waals surface area contributed by atoms with E-state index in [0.29, 0.717) is 0 Å². The molecule has 3 rings (SSSR count). The van der Waals surface area contributed by atoms with Crippen molar-refractivity contribution in [1.82, 2.24) is 9.62 Å². The monoisotopic (exact) mass is 422 g/mol. The highest BCUT2D eigenvalue weighted by atomic mass is 32.2. The Bertz CT molecular complexity index is 1040. The van der Waals surface area contributed by atoms with Crippen LogP contribution >= 0.6 is 0 Å². The predicted octanol–water partition coefficient (Wildman–Crippen LogP) is 3.80. The number of nitrogens with zero attached hydrogens (tertiary/aromatic N) is 1. The van der Waals surface area contributed by atoms with Crippen molar-refractivity contribution in [3.8, 4) is 0 Å². The van der Waals surface area contributed by atoms with Gasteiger partial charge in [0.1, 0.15) is 0 Å². The summed E-state index contributed by atoms with van der Waals surface area (Å²) in [5.74, 6) is -0.334. The molecule has 0 radical (unpaired) electrons. The van der Waals surface area contributed by atoms with Crippen molar-refractivity contribution in [1.29, 1.82) is 0 Å². The normalized spacial score (nSPS) is 12.5. The maximum absolute atomic E-state index is 12.7. The lowest BCUT2D eigenvalue weighted by Crippen LogP contribution is -2.40. The maximum Gasteiger partial charge on any atom is 0.243 e. The molecule has 0 aliphatic carbocycles. The van der Waals surface area contributed by atoms with Gasteiger partial charge < -0.3 is 5.32 Å². The Morgan fingerprint density at radius 3 is 2.00 bits per heavy atom. The highest BCUT2D eigenvalue weighted by Crippen LogP contribution is 2.20. The van der Waals surface area contributed by atoms with Crippen molar-refractivity contribution in [2.24, 2.45) is 0 Å². The molecule has 1 atom stereocenters. The number of sulfonamides is 1. The lowest BCUT2D eigenvalue weighted by atomic mass is 9.99. The smallest absolute Gasteiger partial charge is 0.243 e. The second-order valence-electron chi connectivity index (χ2n) is 7.13. The first-order valence-corrected chi connectivity index (χ1v) is 11.3. The van der Waals surface area contributed by atoms with Gasteiger partial charge in [-0.3, -0.25) is 4.79 Å². The zero-order valence-corrected chi connectivity index (χ0v) is 17.8. The van der Waals surface area contributed by atoms with E-state index < -0.39 is 10.0 Å². The van der Waals surface area contributed by atoms with Crippen molar-refractivity contribution in [2.45, 2.75) is 23.8 Å². The van der Waals surface area contributed by atoms with Crippen molar-refractivity contribution in [3.05, 3.63) is 102 Å². The van der Waals surface area contributed by atoms with Crippen LogP contribution in [0.2, 0.25) is 0 Å². The van der Waals surface area contributed by atoms with E-state index in [4.69, 9.17) is 0 Å². The zero-order valence-electron chi connectivity index (χ0n) is 16.9. The summed E-state index contributed by atoms with van der Waals surface area (Å²) in [7, 11) is -2.30. The number of carbonyl (C=O) groups is 1. The summed E-state index contributed by atoms with van der Waals surface area (Å²) in [6.45, 7) is -0.244. The van der Waals surface area contributed by atoms with E-state index >= 15 is 0 Å². The van der Waals surface area contributed by atoms with Gasteiger partial charge in [0.05, 0.1) is 17.5 Å².